The van der Waals surface area contributed by atoms with Gasteiger partial charge in [0, 0.05) is 50.4 Å². The average molecular weight is 385 g/mol. The van der Waals surface area contributed by atoms with E-state index in [9.17, 15) is 13.6 Å². The van der Waals surface area contributed by atoms with Crippen LogP contribution in [0.4, 0.5) is 14.6 Å². The van der Waals surface area contributed by atoms with Crippen LogP contribution in [0.5, 0.6) is 0 Å². The van der Waals surface area contributed by atoms with Gasteiger partial charge in [0.05, 0.1) is 0 Å². The number of pyridine rings is 1. The van der Waals surface area contributed by atoms with Crippen LogP contribution in [0.1, 0.15) is 16.2 Å². The highest BCUT2D eigenvalue weighted by Gasteiger charge is 2.23. The van der Waals surface area contributed by atoms with E-state index >= 15 is 0 Å². The molecule has 144 valence electrons. The predicted molar refractivity (Wildman–Crippen MR) is 96.7 cm³/mol. The molecule has 9 heteroatoms. The molecule has 7 nitrogen and oxygen atoms in total. The van der Waals surface area contributed by atoms with E-state index in [4.69, 9.17) is 4.52 Å². The Labute approximate surface area is 159 Å². The van der Waals surface area contributed by atoms with Gasteiger partial charge in [-0.1, -0.05) is 5.16 Å². The SMILES string of the molecule is Cc1nc(-c2ccc(N3CCN(C(=O)c4ccc(F)c(F)c4)CC3)nc2)no1. The maximum absolute atomic E-state index is 13.4. The standard InChI is InChI=1S/C19H17F2N5O2/c1-12-23-18(24-28-12)14-3-5-17(22-11-14)25-6-8-26(9-7-25)19(27)13-2-4-15(20)16(21)10-13/h2-5,10-11H,6-9H2,1H3. The minimum absolute atomic E-state index is 0.144. The van der Waals surface area contributed by atoms with Crippen molar-refractivity contribution < 1.29 is 18.1 Å². The van der Waals surface area contributed by atoms with Crippen molar-refractivity contribution in [3.05, 3.63) is 59.6 Å². The molecular formula is C19H17F2N5O2. The second kappa shape index (κ2) is 7.34. The lowest BCUT2D eigenvalue weighted by Gasteiger charge is -2.35. The number of aromatic nitrogens is 3. The number of aryl methyl sites for hydroxylation is 1. The first kappa shape index (κ1) is 18.0. The average Bonchev–Trinajstić information content (AvgIpc) is 3.16. The number of hydrogen-bond acceptors (Lipinski definition) is 6. The largest absolute Gasteiger partial charge is 0.353 e. The molecule has 0 spiro atoms. The number of piperazine rings is 1. The van der Waals surface area contributed by atoms with Crippen LogP contribution in [0.3, 0.4) is 0 Å². The molecule has 1 amide bonds. The summed E-state index contributed by atoms with van der Waals surface area (Å²) in [6.07, 6.45) is 1.68. The highest BCUT2D eigenvalue weighted by atomic mass is 19.2. The summed E-state index contributed by atoms with van der Waals surface area (Å²) in [5, 5.41) is 3.86. The van der Waals surface area contributed by atoms with Gasteiger partial charge in [0.15, 0.2) is 11.6 Å². The molecule has 0 bridgehead atoms. The number of nitrogens with zero attached hydrogens (tertiary/aromatic N) is 5. The maximum atomic E-state index is 13.4. The first-order valence-corrected chi connectivity index (χ1v) is 8.77. The van der Waals surface area contributed by atoms with Gasteiger partial charge in [-0.2, -0.15) is 4.98 Å². The Balaban J connectivity index is 1.39. The third-order valence-electron chi connectivity index (χ3n) is 4.59. The summed E-state index contributed by atoms with van der Waals surface area (Å²) in [5.74, 6) is -0.546. The van der Waals surface area contributed by atoms with Crippen molar-refractivity contribution in [2.45, 2.75) is 6.92 Å². The Morgan fingerprint density at radius 2 is 1.86 bits per heavy atom. The summed E-state index contributed by atoms with van der Waals surface area (Å²) < 4.78 is 31.4. The van der Waals surface area contributed by atoms with Crippen molar-refractivity contribution in [1.29, 1.82) is 0 Å². The zero-order valence-corrected chi connectivity index (χ0v) is 15.1. The number of carbonyl (C=O) groups is 1. The van der Waals surface area contributed by atoms with E-state index in [0.717, 1.165) is 23.5 Å². The highest BCUT2D eigenvalue weighted by Crippen LogP contribution is 2.20. The van der Waals surface area contributed by atoms with Crippen LogP contribution in [0.2, 0.25) is 0 Å². The van der Waals surface area contributed by atoms with Crippen molar-refractivity contribution in [1.82, 2.24) is 20.0 Å². The quantitative estimate of drug-likeness (QED) is 0.690. The molecule has 1 fully saturated rings. The van der Waals surface area contributed by atoms with Crippen molar-refractivity contribution >= 4 is 11.7 Å². The molecule has 3 heterocycles. The van der Waals surface area contributed by atoms with E-state index in [1.54, 1.807) is 18.0 Å². The second-order valence-electron chi connectivity index (χ2n) is 6.45. The van der Waals surface area contributed by atoms with Crippen molar-refractivity contribution in [2.75, 3.05) is 31.1 Å². The van der Waals surface area contributed by atoms with Gasteiger partial charge in [-0.25, -0.2) is 13.8 Å². The predicted octanol–water partition coefficient (Wildman–Crippen LogP) is 2.68. The van der Waals surface area contributed by atoms with Gasteiger partial charge in [-0.15, -0.1) is 0 Å². The molecule has 28 heavy (non-hydrogen) atoms. The number of anilines is 1. The fourth-order valence-corrected chi connectivity index (χ4v) is 3.07. The first-order chi connectivity index (χ1) is 13.5. The van der Waals surface area contributed by atoms with Crippen molar-refractivity contribution in [3.8, 4) is 11.4 Å². The minimum atomic E-state index is -1.02. The molecule has 0 unspecified atom stereocenters. The van der Waals surface area contributed by atoms with E-state index in [0.29, 0.717) is 37.9 Å². The second-order valence-corrected chi connectivity index (χ2v) is 6.45. The van der Waals surface area contributed by atoms with Gasteiger partial charge < -0.3 is 14.3 Å². The molecule has 3 aromatic rings. The third kappa shape index (κ3) is 3.55. The summed E-state index contributed by atoms with van der Waals surface area (Å²) in [4.78, 5) is 24.8. The lowest BCUT2D eigenvalue weighted by Crippen LogP contribution is -2.49. The molecule has 0 atom stereocenters. The Bertz CT molecular complexity index is 998. The van der Waals surface area contributed by atoms with Crippen LogP contribution in [0.25, 0.3) is 11.4 Å². The van der Waals surface area contributed by atoms with Gasteiger partial charge in [-0.3, -0.25) is 4.79 Å². The van der Waals surface area contributed by atoms with Crippen molar-refractivity contribution in [2.24, 2.45) is 0 Å². The monoisotopic (exact) mass is 385 g/mol. The van der Waals surface area contributed by atoms with Gasteiger partial charge in [0.25, 0.3) is 5.91 Å². The van der Waals surface area contributed by atoms with E-state index in [-0.39, 0.29) is 11.5 Å². The number of carbonyl (C=O) groups excluding carboxylic acids is 1. The maximum Gasteiger partial charge on any atom is 0.254 e. The normalized spacial score (nSPS) is 14.4. The molecule has 0 aliphatic carbocycles. The number of halogens is 2. The molecule has 1 saturated heterocycles. The zero-order chi connectivity index (χ0) is 19.7. The summed E-state index contributed by atoms with van der Waals surface area (Å²) in [6.45, 7) is 3.82. The fraction of sp³-hybridized carbons (Fsp3) is 0.263. The van der Waals surface area contributed by atoms with Crippen LogP contribution in [0, 0.1) is 18.6 Å². The minimum Gasteiger partial charge on any atom is -0.353 e. The Morgan fingerprint density at radius 1 is 1.07 bits per heavy atom. The molecule has 1 aliphatic rings. The van der Waals surface area contributed by atoms with Crippen LogP contribution in [-0.4, -0.2) is 52.1 Å². The van der Waals surface area contributed by atoms with Crippen LogP contribution in [0.15, 0.2) is 41.1 Å². The van der Waals surface area contributed by atoms with Crippen LogP contribution < -0.4 is 4.90 Å². The lowest BCUT2D eigenvalue weighted by atomic mass is 10.1. The molecule has 0 radical (unpaired) electrons. The third-order valence-corrected chi connectivity index (χ3v) is 4.59. The first-order valence-electron chi connectivity index (χ1n) is 8.77. The highest BCUT2D eigenvalue weighted by molar-refractivity contribution is 5.94. The van der Waals surface area contributed by atoms with Gasteiger partial charge in [-0.05, 0) is 30.3 Å². The Kier molecular flexibility index (Phi) is 4.72. The number of hydrogen-bond donors (Lipinski definition) is 0. The number of benzene rings is 1. The molecule has 4 rings (SSSR count). The molecule has 1 aliphatic heterocycles. The molecule has 0 N–H and O–H groups in total. The summed E-state index contributed by atoms with van der Waals surface area (Å²) >= 11 is 0. The molecule has 2 aromatic heterocycles. The number of amides is 1. The van der Waals surface area contributed by atoms with Crippen LogP contribution >= 0.6 is 0 Å². The van der Waals surface area contributed by atoms with Gasteiger partial charge in [0.1, 0.15) is 5.82 Å². The smallest absolute Gasteiger partial charge is 0.254 e. The molecule has 1 aromatic carbocycles. The zero-order valence-electron chi connectivity index (χ0n) is 15.1. The van der Waals surface area contributed by atoms with E-state index in [1.165, 1.54) is 6.07 Å². The topological polar surface area (TPSA) is 75.4 Å². The molecular weight excluding hydrogens is 368 g/mol. The summed E-state index contributed by atoms with van der Waals surface area (Å²) in [5.41, 5.74) is 0.901. The number of rotatable bonds is 3. The summed E-state index contributed by atoms with van der Waals surface area (Å²) in [7, 11) is 0. The van der Waals surface area contributed by atoms with E-state index in [1.807, 2.05) is 12.1 Å². The Hall–Kier alpha value is -3.36. The van der Waals surface area contributed by atoms with E-state index < -0.39 is 11.6 Å². The van der Waals surface area contributed by atoms with Crippen molar-refractivity contribution in [3.63, 3.8) is 0 Å². The molecule has 0 saturated carbocycles. The van der Waals surface area contributed by atoms with Gasteiger partial charge in [0.2, 0.25) is 11.7 Å². The fourth-order valence-electron chi connectivity index (χ4n) is 3.07. The van der Waals surface area contributed by atoms with Gasteiger partial charge >= 0.3 is 0 Å². The lowest BCUT2D eigenvalue weighted by molar-refractivity contribution is 0.0746. The van der Waals surface area contributed by atoms with E-state index in [2.05, 4.69) is 20.0 Å². The summed E-state index contributed by atoms with van der Waals surface area (Å²) in [6, 6.07) is 6.94. The van der Waals surface area contributed by atoms with Crippen LogP contribution in [-0.2, 0) is 0 Å². The Morgan fingerprint density at radius 3 is 2.46 bits per heavy atom.